The van der Waals surface area contributed by atoms with Crippen LogP contribution in [0.4, 0.5) is 0 Å². The summed E-state index contributed by atoms with van der Waals surface area (Å²) in [5.74, 6) is 1.94. The van der Waals surface area contributed by atoms with Crippen LogP contribution in [0.2, 0.25) is 0 Å². The van der Waals surface area contributed by atoms with Gasteiger partial charge in [0.25, 0.3) is 0 Å². The second kappa shape index (κ2) is 7.32. The second-order valence-corrected chi connectivity index (χ2v) is 5.95. The van der Waals surface area contributed by atoms with Crippen molar-refractivity contribution in [3.8, 4) is 0 Å². The maximum Gasteiger partial charge on any atom is 0.00356 e. The first-order valence-electron chi connectivity index (χ1n) is 7.35. The highest BCUT2D eigenvalue weighted by Gasteiger charge is 2.22. The fraction of sp³-hybridized carbons (Fsp3) is 1.00. The molecule has 1 atom stereocenters. The van der Waals surface area contributed by atoms with E-state index in [1.165, 1.54) is 51.5 Å². The highest BCUT2D eigenvalue weighted by molar-refractivity contribution is 4.75. The Hall–Kier alpha value is -0.0400. The topological polar surface area (TPSA) is 3.24 Å². The summed E-state index contributed by atoms with van der Waals surface area (Å²) in [6, 6.07) is 0.694. The molecule has 96 valence electrons. The minimum atomic E-state index is 0.694. The Kier molecular flexibility index (Phi) is 6.41. The van der Waals surface area contributed by atoms with Gasteiger partial charge in [-0.05, 0) is 32.7 Å². The van der Waals surface area contributed by atoms with E-state index in [9.17, 15) is 0 Å². The number of rotatable bonds is 5. The van der Waals surface area contributed by atoms with E-state index in [1.807, 2.05) is 0 Å². The Labute approximate surface area is 103 Å². The Bertz CT molecular complexity index is 168. The van der Waals surface area contributed by atoms with Crippen molar-refractivity contribution in [3.63, 3.8) is 0 Å². The van der Waals surface area contributed by atoms with E-state index in [0.717, 1.165) is 11.8 Å². The molecule has 0 spiro atoms. The molecular weight excluding hydrogens is 194 g/mol. The molecule has 1 saturated carbocycles. The Morgan fingerprint density at radius 1 is 1.06 bits per heavy atom. The largest absolute Gasteiger partial charge is 0.304 e. The van der Waals surface area contributed by atoms with Gasteiger partial charge in [0.1, 0.15) is 0 Å². The van der Waals surface area contributed by atoms with Gasteiger partial charge in [-0.3, -0.25) is 0 Å². The summed E-state index contributed by atoms with van der Waals surface area (Å²) in [6.07, 6.45) is 10.3. The zero-order valence-electron chi connectivity index (χ0n) is 11.8. The summed E-state index contributed by atoms with van der Waals surface area (Å²) in [6.45, 7) is 8.29. The van der Waals surface area contributed by atoms with E-state index in [-0.39, 0.29) is 0 Å². The summed E-state index contributed by atoms with van der Waals surface area (Å²) in [4.78, 5) is 2.53. The second-order valence-electron chi connectivity index (χ2n) is 5.95. The van der Waals surface area contributed by atoms with Crippen molar-refractivity contribution >= 4 is 0 Å². The van der Waals surface area contributed by atoms with Crippen LogP contribution in [0.25, 0.3) is 0 Å². The monoisotopic (exact) mass is 225 g/mol. The first-order chi connectivity index (χ1) is 7.65. The van der Waals surface area contributed by atoms with E-state index < -0.39 is 0 Å². The third kappa shape index (κ3) is 4.45. The normalized spacial score (nSPS) is 21.4. The molecule has 0 N–H and O–H groups in total. The minimum absolute atomic E-state index is 0.694. The molecule has 0 aromatic carbocycles. The molecule has 1 aliphatic rings. The lowest BCUT2D eigenvalue weighted by Gasteiger charge is -2.31. The van der Waals surface area contributed by atoms with Gasteiger partial charge in [-0.1, -0.05) is 51.9 Å². The first kappa shape index (κ1) is 14.0. The van der Waals surface area contributed by atoms with Gasteiger partial charge in [0.05, 0.1) is 0 Å². The molecule has 0 aromatic rings. The van der Waals surface area contributed by atoms with Crippen molar-refractivity contribution in [1.82, 2.24) is 4.90 Å². The summed E-state index contributed by atoms with van der Waals surface area (Å²) in [5.41, 5.74) is 0. The SMILES string of the molecule is CCC(CN(C)C(C)C)C1CCCCCC1. The smallest absolute Gasteiger partial charge is 0.00356 e. The van der Waals surface area contributed by atoms with Crippen LogP contribution in [-0.2, 0) is 0 Å². The van der Waals surface area contributed by atoms with Crippen molar-refractivity contribution in [1.29, 1.82) is 0 Å². The number of nitrogens with zero attached hydrogens (tertiary/aromatic N) is 1. The maximum atomic E-state index is 2.53. The molecule has 1 fully saturated rings. The summed E-state index contributed by atoms with van der Waals surface area (Å²) < 4.78 is 0. The van der Waals surface area contributed by atoms with Gasteiger partial charge in [0, 0.05) is 12.6 Å². The Morgan fingerprint density at radius 3 is 2.06 bits per heavy atom. The average molecular weight is 225 g/mol. The fourth-order valence-electron chi connectivity index (χ4n) is 2.97. The third-order valence-electron chi connectivity index (χ3n) is 4.49. The molecule has 0 aromatic heterocycles. The van der Waals surface area contributed by atoms with Gasteiger partial charge in [-0.2, -0.15) is 0 Å². The lowest BCUT2D eigenvalue weighted by molar-refractivity contribution is 0.174. The molecule has 1 aliphatic carbocycles. The van der Waals surface area contributed by atoms with Crippen LogP contribution in [0.5, 0.6) is 0 Å². The van der Waals surface area contributed by atoms with Crippen LogP contribution in [-0.4, -0.2) is 24.5 Å². The maximum absolute atomic E-state index is 2.53. The molecule has 1 rings (SSSR count). The van der Waals surface area contributed by atoms with E-state index in [4.69, 9.17) is 0 Å². The lowest BCUT2D eigenvalue weighted by Crippen LogP contribution is -2.34. The highest BCUT2D eigenvalue weighted by atomic mass is 15.1. The molecule has 16 heavy (non-hydrogen) atoms. The lowest BCUT2D eigenvalue weighted by atomic mass is 9.84. The molecule has 0 aliphatic heterocycles. The molecule has 0 bridgehead atoms. The van der Waals surface area contributed by atoms with Gasteiger partial charge >= 0.3 is 0 Å². The van der Waals surface area contributed by atoms with Crippen LogP contribution >= 0.6 is 0 Å². The summed E-state index contributed by atoms with van der Waals surface area (Å²) in [7, 11) is 2.28. The Balaban J connectivity index is 2.44. The van der Waals surface area contributed by atoms with Gasteiger partial charge in [-0.15, -0.1) is 0 Å². The molecular formula is C15H31N. The van der Waals surface area contributed by atoms with Crippen molar-refractivity contribution in [2.75, 3.05) is 13.6 Å². The molecule has 0 radical (unpaired) electrons. The zero-order valence-corrected chi connectivity index (χ0v) is 11.8. The van der Waals surface area contributed by atoms with Crippen LogP contribution in [0.15, 0.2) is 0 Å². The van der Waals surface area contributed by atoms with Crippen molar-refractivity contribution < 1.29 is 0 Å². The van der Waals surface area contributed by atoms with Crippen molar-refractivity contribution in [3.05, 3.63) is 0 Å². The fourth-order valence-corrected chi connectivity index (χ4v) is 2.97. The van der Waals surface area contributed by atoms with E-state index in [0.29, 0.717) is 6.04 Å². The van der Waals surface area contributed by atoms with Gasteiger partial charge in [-0.25, -0.2) is 0 Å². The number of hydrogen-bond acceptors (Lipinski definition) is 1. The van der Waals surface area contributed by atoms with Crippen LogP contribution in [0, 0.1) is 11.8 Å². The van der Waals surface area contributed by atoms with E-state index >= 15 is 0 Å². The minimum Gasteiger partial charge on any atom is -0.304 e. The standard InChI is InChI=1S/C15H31N/c1-5-14(12-16(4)13(2)3)15-10-8-6-7-9-11-15/h13-15H,5-12H2,1-4H3. The predicted molar refractivity (Wildman–Crippen MR) is 72.7 cm³/mol. The van der Waals surface area contributed by atoms with Crippen molar-refractivity contribution in [2.45, 2.75) is 71.8 Å². The first-order valence-corrected chi connectivity index (χ1v) is 7.35. The van der Waals surface area contributed by atoms with E-state index in [1.54, 1.807) is 0 Å². The summed E-state index contributed by atoms with van der Waals surface area (Å²) >= 11 is 0. The quantitative estimate of drug-likeness (QED) is 0.630. The zero-order chi connectivity index (χ0) is 12.0. The Morgan fingerprint density at radius 2 is 1.62 bits per heavy atom. The highest BCUT2D eigenvalue weighted by Crippen LogP contribution is 2.31. The summed E-state index contributed by atoms with van der Waals surface area (Å²) in [5, 5.41) is 0. The predicted octanol–water partition coefficient (Wildman–Crippen LogP) is 4.32. The van der Waals surface area contributed by atoms with Crippen LogP contribution in [0.3, 0.4) is 0 Å². The van der Waals surface area contributed by atoms with Crippen LogP contribution < -0.4 is 0 Å². The molecule has 1 nitrogen and oxygen atoms in total. The molecule has 0 amide bonds. The third-order valence-corrected chi connectivity index (χ3v) is 4.49. The average Bonchev–Trinajstić information content (AvgIpc) is 2.53. The molecule has 0 saturated heterocycles. The molecule has 1 heteroatoms. The molecule has 0 heterocycles. The molecule has 1 unspecified atom stereocenters. The van der Waals surface area contributed by atoms with Crippen molar-refractivity contribution in [2.24, 2.45) is 11.8 Å². The van der Waals surface area contributed by atoms with Crippen LogP contribution in [0.1, 0.15) is 65.7 Å². The number of hydrogen-bond donors (Lipinski definition) is 0. The van der Waals surface area contributed by atoms with Gasteiger partial charge in [0.15, 0.2) is 0 Å². The van der Waals surface area contributed by atoms with Gasteiger partial charge < -0.3 is 4.90 Å². The van der Waals surface area contributed by atoms with Gasteiger partial charge in [0.2, 0.25) is 0 Å². The van der Waals surface area contributed by atoms with E-state index in [2.05, 4.69) is 32.7 Å².